The maximum absolute atomic E-state index is 12.3. The molecule has 2 rings (SSSR count). The number of carbonyl (C=O) groups excluding carboxylic acids is 1. The predicted octanol–water partition coefficient (Wildman–Crippen LogP) is 2.10. The lowest BCUT2D eigenvalue weighted by molar-refractivity contribution is 0.0559. The molecule has 2 heterocycles. The van der Waals surface area contributed by atoms with E-state index < -0.39 is 0 Å². The second-order valence-electron chi connectivity index (χ2n) is 4.12. The van der Waals surface area contributed by atoms with Crippen LogP contribution < -0.4 is 0 Å². The Morgan fingerprint density at radius 1 is 1.65 bits per heavy atom. The molecule has 1 amide bonds. The molecule has 0 aromatic carbocycles. The van der Waals surface area contributed by atoms with Crippen molar-refractivity contribution in [2.75, 3.05) is 19.7 Å². The molecule has 5 heteroatoms. The number of nitrogens with zero attached hydrogens (tertiary/aromatic N) is 2. The summed E-state index contributed by atoms with van der Waals surface area (Å²) in [6, 6.07) is 3.63. The molecule has 0 radical (unpaired) electrons. The maximum atomic E-state index is 12.3. The second kappa shape index (κ2) is 5.60. The van der Waals surface area contributed by atoms with E-state index in [0.29, 0.717) is 18.8 Å². The zero-order valence-electron chi connectivity index (χ0n) is 9.73. The molecule has 1 atom stereocenters. The molecule has 1 fully saturated rings. The van der Waals surface area contributed by atoms with Crippen molar-refractivity contribution in [1.82, 2.24) is 9.88 Å². The van der Waals surface area contributed by atoms with Crippen LogP contribution in [-0.2, 0) is 4.74 Å². The lowest BCUT2D eigenvalue weighted by Crippen LogP contribution is -2.36. The summed E-state index contributed by atoms with van der Waals surface area (Å²) in [7, 11) is 0. The number of pyridine rings is 1. The SMILES string of the molecule is CC1CN(C(=O)c2ncccc2Br)CCCO1. The minimum absolute atomic E-state index is 0.0326. The van der Waals surface area contributed by atoms with Gasteiger partial charge in [0.15, 0.2) is 0 Å². The number of ether oxygens (including phenoxy) is 1. The molecular formula is C12H15BrN2O2. The van der Waals surface area contributed by atoms with Gasteiger partial charge in [-0.2, -0.15) is 0 Å². The van der Waals surface area contributed by atoms with E-state index in [1.165, 1.54) is 0 Å². The Morgan fingerprint density at radius 3 is 3.24 bits per heavy atom. The van der Waals surface area contributed by atoms with Crippen LogP contribution >= 0.6 is 15.9 Å². The van der Waals surface area contributed by atoms with Crippen molar-refractivity contribution in [3.8, 4) is 0 Å². The fourth-order valence-electron chi connectivity index (χ4n) is 1.87. The van der Waals surface area contributed by atoms with Crippen LogP contribution in [0, 0.1) is 0 Å². The number of halogens is 1. The molecule has 4 nitrogen and oxygen atoms in total. The van der Waals surface area contributed by atoms with E-state index in [1.54, 1.807) is 12.3 Å². The summed E-state index contributed by atoms with van der Waals surface area (Å²) >= 11 is 3.36. The van der Waals surface area contributed by atoms with Gasteiger partial charge in [-0.1, -0.05) is 0 Å². The van der Waals surface area contributed by atoms with Gasteiger partial charge < -0.3 is 9.64 Å². The van der Waals surface area contributed by atoms with Gasteiger partial charge in [-0.3, -0.25) is 4.79 Å². The summed E-state index contributed by atoms with van der Waals surface area (Å²) in [6.07, 6.45) is 2.60. The van der Waals surface area contributed by atoms with Crippen LogP contribution in [0.5, 0.6) is 0 Å². The molecule has 17 heavy (non-hydrogen) atoms. The Bertz CT molecular complexity index is 411. The van der Waals surface area contributed by atoms with Gasteiger partial charge in [-0.15, -0.1) is 0 Å². The van der Waals surface area contributed by atoms with Crippen LogP contribution in [-0.4, -0.2) is 41.6 Å². The smallest absolute Gasteiger partial charge is 0.273 e. The van der Waals surface area contributed by atoms with E-state index >= 15 is 0 Å². The molecule has 0 N–H and O–H groups in total. The van der Waals surface area contributed by atoms with Gasteiger partial charge in [0.25, 0.3) is 5.91 Å². The van der Waals surface area contributed by atoms with Gasteiger partial charge >= 0.3 is 0 Å². The highest BCUT2D eigenvalue weighted by Crippen LogP contribution is 2.17. The van der Waals surface area contributed by atoms with E-state index in [4.69, 9.17) is 4.74 Å². The van der Waals surface area contributed by atoms with E-state index in [1.807, 2.05) is 17.9 Å². The number of carbonyl (C=O) groups is 1. The van der Waals surface area contributed by atoms with Crippen molar-refractivity contribution in [3.63, 3.8) is 0 Å². The first-order valence-corrected chi connectivity index (χ1v) is 6.49. The quantitative estimate of drug-likeness (QED) is 0.797. The number of rotatable bonds is 1. The maximum Gasteiger partial charge on any atom is 0.273 e. The van der Waals surface area contributed by atoms with E-state index in [-0.39, 0.29) is 12.0 Å². The molecule has 1 aliphatic heterocycles. The van der Waals surface area contributed by atoms with Crippen LogP contribution in [0.4, 0.5) is 0 Å². The molecule has 92 valence electrons. The Balaban J connectivity index is 2.16. The largest absolute Gasteiger partial charge is 0.377 e. The van der Waals surface area contributed by atoms with E-state index in [9.17, 15) is 4.79 Å². The Morgan fingerprint density at radius 2 is 2.47 bits per heavy atom. The number of aromatic nitrogens is 1. The molecule has 0 saturated carbocycles. The average Bonchev–Trinajstić information content (AvgIpc) is 2.54. The molecule has 1 aromatic heterocycles. The van der Waals surface area contributed by atoms with Crippen molar-refractivity contribution in [1.29, 1.82) is 0 Å². The first kappa shape index (κ1) is 12.5. The fraction of sp³-hybridized carbons (Fsp3) is 0.500. The van der Waals surface area contributed by atoms with Gasteiger partial charge in [0.2, 0.25) is 0 Å². The van der Waals surface area contributed by atoms with Crippen LogP contribution in [0.2, 0.25) is 0 Å². The minimum Gasteiger partial charge on any atom is -0.377 e. The highest BCUT2D eigenvalue weighted by molar-refractivity contribution is 9.10. The summed E-state index contributed by atoms with van der Waals surface area (Å²) in [5.74, 6) is -0.0326. The molecule has 0 bridgehead atoms. The van der Waals surface area contributed by atoms with Gasteiger partial charge in [0.05, 0.1) is 6.10 Å². The Labute approximate surface area is 109 Å². The summed E-state index contributed by atoms with van der Waals surface area (Å²) in [6.45, 7) is 4.06. The predicted molar refractivity (Wildman–Crippen MR) is 67.9 cm³/mol. The van der Waals surface area contributed by atoms with Crippen molar-refractivity contribution < 1.29 is 9.53 Å². The van der Waals surface area contributed by atoms with Gasteiger partial charge in [-0.05, 0) is 41.4 Å². The zero-order chi connectivity index (χ0) is 12.3. The standard InChI is InChI=1S/C12H15BrN2O2/c1-9-8-15(6-3-7-17-9)12(16)11-10(13)4-2-5-14-11/h2,4-5,9H,3,6-8H2,1H3. The van der Waals surface area contributed by atoms with Gasteiger partial charge in [0, 0.05) is 30.4 Å². The van der Waals surface area contributed by atoms with Crippen LogP contribution in [0.3, 0.4) is 0 Å². The Kier molecular flexibility index (Phi) is 4.12. The van der Waals surface area contributed by atoms with Gasteiger partial charge in [-0.25, -0.2) is 4.98 Å². The summed E-state index contributed by atoms with van der Waals surface area (Å²) in [5, 5.41) is 0. The molecule has 1 aliphatic rings. The van der Waals surface area contributed by atoms with Crippen LogP contribution in [0.15, 0.2) is 22.8 Å². The lowest BCUT2D eigenvalue weighted by Gasteiger charge is -2.22. The summed E-state index contributed by atoms with van der Waals surface area (Å²) < 4.78 is 6.26. The average molecular weight is 299 g/mol. The zero-order valence-corrected chi connectivity index (χ0v) is 11.3. The third kappa shape index (κ3) is 3.04. The molecule has 1 saturated heterocycles. The van der Waals surface area contributed by atoms with Crippen molar-refractivity contribution in [2.24, 2.45) is 0 Å². The Hall–Kier alpha value is -0.940. The number of hydrogen-bond acceptors (Lipinski definition) is 3. The second-order valence-corrected chi connectivity index (χ2v) is 4.97. The lowest BCUT2D eigenvalue weighted by atomic mass is 10.2. The molecule has 0 aliphatic carbocycles. The molecule has 1 unspecified atom stereocenters. The normalized spacial score (nSPS) is 21.1. The first-order chi connectivity index (χ1) is 8.18. The topological polar surface area (TPSA) is 42.4 Å². The highest BCUT2D eigenvalue weighted by atomic mass is 79.9. The fourth-order valence-corrected chi connectivity index (χ4v) is 2.30. The third-order valence-electron chi connectivity index (χ3n) is 2.70. The molecule has 0 spiro atoms. The molecule has 1 aromatic rings. The molecular weight excluding hydrogens is 284 g/mol. The van der Waals surface area contributed by atoms with Crippen LogP contribution in [0.1, 0.15) is 23.8 Å². The van der Waals surface area contributed by atoms with E-state index in [0.717, 1.165) is 17.4 Å². The van der Waals surface area contributed by atoms with Gasteiger partial charge in [0.1, 0.15) is 5.69 Å². The third-order valence-corrected chi connectivity index (χ3v) is 3.34. The summed E-state index contributed by atoms with van der Waals surface area (Å²) in [4.78, 5) is 18.2. The number of amides is 1. The van der Waals surface area contributed by atoms with Crippen LogP contribution in [0.25, 0.3) is 0 Å². The summed E-state index contributed by atoms with van der Waals surface area (Å²) in [5.41, 5.74) is 0.474. The van der Waals surface area contributed by atoms with Crippen molar-refractivity contribution in [3.05, 3.63) is 28.5 Å². The first-order valence-electron chi connectivity index (χ1n) is 5.70. The monoisotopic (exact) mass is 298 g/mol. The minimum atomic E-state index is -0.0326. The highest BCUT2D eigenvalue weighted by Gasteiger charge is 2.23. The number of hydrogen-bond donors (Lipinski definition) is 0. The van der Waals surface area contributed by atoms with Crippen molar-refractivity contribution in [2.45, 2.75) is 19.4 Å². The van der Waals surface area contributed by atoms with Crippen molar-refractivity contribution >= 4 is 21.8 Å². The van der Waals surface area contributed by atoms with E-state index in [2.05, 4.69) is 20.9 Å².